The highest BCUT2D eigenvalue weighted by atomic mass is 16.3. The number of nitrogens with one attached hydrogen (secondary N) is 1. The van der Waals surface area contributed by atoms with Gasteiger partial charge in [0.1, 0.15) is 17.5 Å². The molecule has 0 bridgehead atoms. The molecule has 2 rings (SSSR count). The maximum atomic E-state index is 8.99. The molecule has 1 aliphatic rings. The van der Waals surface area contributed by atoms with Crippen molar-refractivity contribution in [1.82, 2.24) is 9.97 Å². The first-order valence-corrected chi connectivity index (χ1v) is 6.16. The van der Waals surface area contributed by atoms with Crippen LogP contribution in [0.25, 0.3) is 0 Å². The fourth-order valence-electron chi connectivity index (χ4n) is 1.97. The summed E-state index contributed by atoms with van der Waals surface area (Å²) in [6.45, 7) is 3.12. The van der Waals surface area contributed by atoms with Crippen molar-refractivity contribution in [2.45, 2.75) is 32.6 Å². The van der Waals surface area contributed by atoms with Gasteiger partial charge in [0.05, 0.1) is 0 Å². The van der Waals surface area contributed by atoms with Crippen molar-refractivity contribution < 1.29 is 5.11 Å². The molecule has 0 unspecified atom stereocenters. The fraction of sp³-hybridized carbons (Fsp3) is 0.667. The topological polar surface area (TPSA) is 84.1 Å². The van der Waals surface area contributed by atoms with E-state index in [-0.39, 0.29) is 12.0 Å². The Morgan fingerprint density at radius 3 is 2.82 bits per heavy atom. The number of anilines is 2. The first kappa shape index (κ1) is 12.1. The molecule has 4 N–H and O–H groups in total. The number of hydrogen-bond acceptors (Lipinski definition) is 5. The lowest BCUT2D eigenvalue weighted by molar-refractivity contribution is 0.253. The molecule has 5 nitrogen and oxygen atoms in total. The van der Waals surface area contributed by atoms with Crippen LogP contribution in [0.4, 0.5) is 11.6 Å². The van der Waals surface area contributed by atoms with Crippen molar-refractivity contribution in [3.8, 4) is 0 Å². The van der Waals surface area contributed by atoms with E-state index in [0.717, 1.165) is 31.0 Å². The van der Waals surface area contributed by atoms with E-state index in [0.29, 0.717) is 5.82 Å². The zero-order valence-corrected chi connectivity index (χ0v) is 10.2. The zero-order chi connectivity index (χ0) is 12.3. The van der Waals surface area contributed by atoms with Crippen LogP contribution in [-0.4, -0.2) is 28.2 Å². The summed E-state index contributed by atoms with van der Waals surface area (Å²) in [4.78, 5) is 8.51. The normalized spacial score (nSPS) is 16.8. The van der Waals surface area contributed by atoms with Crippen molar-refractivity contribution in [1.29, 1.82) is 0 Å². The van der Waals surface area contributed by atoms with E-state index in [1.165, 1.54) is 12.8 Å². The third-order valence-corrected chi connectivity index (χ3v) is 3.35. The summed E-state index contributed by atoms with van der Waals surface area (Å²) in [5, 5.41) is 12.3. The number of nitrogen functional groups attached to an aromatic ring is 1. The highest BCUT2D eigenvalue weighted by Gasteiger charge is 2.41. The molecule has 0 atom stereocenters. The number of hydrogen-bond donors (Lipinski definition) is 3. The Hall–Kier alpha value is -1.36. The predicted molar refractivity (Wildman–Crippen MR) is 67.7 cm³/mol. The maximum absolute atomic E-state index is 8.99. The first-order valence-electron chi connectivity index (χ1n) is 6.16. The quantitative estimate of drug-likeness (QED) is 0.691. The van der Waals surface area contributed by atoms with Crippen LogP contribution in [0.3, 0.4) is 0 Å². The third-order valence-electron chi connectivity index (χ3n) is 3.35. The zero-order valence-electron chi connectivity index (χ0n) is 10.2. The fourth-order valence-corrected chi connectivity index (χ4v) is 1.97. The van der Waals surface area contributed by atoms with E-state index in [4.69, 9.17) is 10.8 Å². The molecular weight excluding hydrogens is 216 g/mol. The van der Waals surface area contributed by atoms with Crippen molar-refractivity contribution >= 4 is 11.6 Å². The Bertz CT molecular complexity index is 390. The molecule has 17 heavy (non-hydrogen) atoms. The van der Waals surface area contributed by atoms with Gasteiger partial charge >= 0.3 is 0 Å². The van der Waals surface area contributed by atoms with Crippen LogP contribution in [0, 0.1) is 5.41 Å². The molecule has 1 aliphatic carbocycles. The number of aryl methyl sites for hydroxylation is 1. The number of nitrogens with two attached hydrogens (primary N) is 1. The van der Waals surface area contributed by atoms with E-state index in [9.17, 15) is 0 Å². The minimum atomic E-state index is 0.258. The largest absolute Gasteiger partial charge is 0.396 e. The van der Waals surface area contributed by atoms with Gasteiger partial charge < -0.3 is 16.2 Å². The summed E-state index contributed by atoms with van der Waals surface area (Å²) >= 11 is 0. The molecule has 0 radical (unpaired) electrons. The molecule has 1 fully saturated rings. The number of nitrogens with zero attached hydrogens (tertiary/aromatic N) is 2. The van der Waals surface area contributed by atoms with Crippen molar-refractivity contribution in [2.24, 2.45) is 5.41 Å². The summed E-state index contributed by atoms with van der Waals surface area (Å²) < 4.78 is 0. The summed E-state index contributed by atoms with van der Waals surface area (Å²) in [6, 6.07) is 1.76. The minimum absolute atomic E-state index is 0.258. The highest BCUT2D eigenvalue weighted by molar-refractivity contribution is 5.45. The molecule has 0 aliphatic heterocycles. The van der Waals surface area contributed by atoms with Crippen LogP contribution < -0.4 is 11.1 Å². The molecule has 1 heterocycles. The second kappa shape index (κ2) is 4.87. The Morgan fingerprint density at radius 1 is 1.47 bits per heavy atom. The molecule has 94 valence electrons. The van der Waals surface area contributed by atoms with E-state index in [1.54, 1.807) is 6.07 Å². The van der Waals surface area contributed by atoms with Crippen LogP contribution >= 0.6 is 0 Å². The van der Waals surface area contributed by atoms with Gasteiger partial charge in [0.25, 0.3) is 0 Å². The van der Waals surface area contributed by atoms with Crippen molar-refractivity contribution in [3.63, 3.8) is 0 Å². The third kappa shape index (κ3) is 3.06. The molecule has 1 aromatic heterocycles. The lowest BCUT2D eigenvalue weighted by Gasteiger charge is -2.15. The molecule has 0 aromatic carbocycles. The van der Waals surface area contributed by atoms with Gasteiger partial charge in [0.15, 0.2) is 0 Å². The van der Waals surface area contributed by atoms with Crippen molar-refractivity contribution in [2.75, 3.05) is 24.2 Å². The van der Waals surface area contributed by atoms with Gasteiger partial charge in [-0.05, 0) is 24.7 Å². The molecule has 1 aromatic rings. The van der Waals surface area contributed by atoms with E-state index in [1.807, 2.05) is 6.92 Å². The van der Waals surface area contributed by atoms with Gasteiger partial charge in [-0.25, -0.2) is 9.97 Å². The summed E-state index contributed by atoms with van der Waals surface area (Å²) in [5.41, 5.74) is 6.00. The van der Waals surface area contributed by atoms with E-state index in [2.05, 4.69) is 15.3 Å². The number of aliphatic hydroxyl groups is 1. The van der Waals surface area contributed by atoms with Crippen LogP contribution in [0.1, 0.15) is 32.0 Å². The second-order valence-electron chi connectivity index (χ2n) is 4.77. The SMILES string of the molecule is CCc1nc(N)cc(NCC2(CCO)CC2)n1. The van der Waals surface area contributed by atoms with E-state index >= 15 is 0 Å². The van der Waals surface area contributed by atoms with Crippen LogP contribution in [0.2, 0.25) is 0 Å². The second-order valence-corrected chi connectivity index (χ2v) is 4.77. The number of aromatic nitrogens is 2. The number of rotatable bonds is 6. The van der Waals surface area contributed by atoms with Crippen LogP contribution in [0.15, 0.2) is 6.07 Å². The minimum Gasteiger partial charge on any atom is -0.396 e. The molecule has 5 heteroatoms. The average molecular weight is 236 g/mol. The maximum Gasteiger partial charge on any atom is 0.132 e. The van der Waals surface area contributed by atoms with Crippen LogP contribution in [0.5, 0.6) is 0 Å². The van der Waals surface area contributed by atoms with Gasteiger partial charge in [-0.3, -0.25) is 0 Å². The monoisotopic (exact) mass is 236 g/mol. The lowest BCUT2D eigenvalue weighted by atomic mass is 10.0. The molecule has 1 saturated carbocycles. The Labute approximate surface area is 101 Å². The van der Waals surface area contributed by atoms with Gasteiger partial charge in [-0.2, -0.15) is 0 Å². The molecular formula is C12H20N4O. The Kier molecular flexibility index (Phi) is 3.47. The van der Waals surface area contributed by atoms with Gasteiger partial charge in [-0.1, -0.05) is 6.92 Å². The molecule has 0 spiro atoms. The average Bonchev–Trinajstić information content (AvgIpc) is 3.07. The standard InChI is InChI=1S/C12H20N4O/c1-2-10-15-9(13)7-11(16-10)14-8-12(3-4-12)5-6-17/h7,17H,2-6,8H2,1H3,(H3,13,14,15,16). The lowest BCUT2D eigenvalue weighted by Crippen LogP contribution is -2.18. The van der Waals surface area contributed by atoms with Gasteiger partial charge in [0.2, 0.25) is 0 Å². The predicted octanol–water partition coefficient (Wildman–Crippen LogP) is 1.20. The van der Waals surface area contributed by atoms with E-state index < -0.39 is 0 Å². The van der Waals surface area contributed by atoms with Gasteiger partial charge in [0, 0.05) is 25.6 Å². The van der Waals surface area contributed by atoms with Gasteiger partial charge in [-0.15, -0.1) is 0 Å². The summed E-state index contributed by atoms with van der Waals surface area (Å²) in [6.07, 6.45) is 4.01. The first-order chi connectivity index (χ1) is 8.17. The van der Waals surface area contributed by atoms with Crippen LogP contribution in [-0.2, 0) is 6.42 Å². The Morgan fingerprint density at radius 2 is 2.24 bits per heavy atom. The Balaban J connectivity index is 1.97. The molecule has 0 saturated heterocycles. The van der Waals surface area contributed by atoms with Crippen molar-refractivity contribution in [3.05, 3.63) is 11.9 Å². The summed E-state index contributed by atoms with van der Waals surface area (Å²) in [5.74, 6) is 2.06. The highest BCUT2D eigenvalue weighted by Crippen LogP contribution is 2.48. The smallest absolute Gasteiger partial charge is 0.132 e. The summed E-state index contributed by atoms with van der Waals surface area (Å²) in [7, 11) is 0. The number of aliphatic hydroxyl groups excluding tert-OH is 1. The molecule has 0 amide bonds.